The van der Waals surface area contributed by atoms with Crippen LogP contribution in [0.5, 0.6) is 0 Å². The van der Waals surface area contributed by atoms with Crippen LogP contribution in [0.2, 0.25) is 0 Å². The number of aromatic carboxylic acids is 1. The first kappa shape index (κ1) is 11.2. The van der Waals surface area contributed by atoms with Gasteiger partial charge in [-0.15, -0.1) is 11.3 Å². The smallest absolute Gasteiger partial charge is 0.352 e. The standard InChI is InChI=1S/C12H15NO2S/c1-7(2)6-13-10(12(14)15)8(3)9-4-5-16-11(9)13/h4-5,7H,6H2,1-3H3,(H,14,15). The minimum Gasteiger partial charge on any atom is -0.477 e. The molecule has 4 heteroatoms. The number of carboxylic acids is 1. The first-order valence-electron chi connectivity index (χ1n) is 5.32. The molecule has 0 unspecified atom stereocenters. The Morgan fingerprint density at radius 3 is 2.81 bits per heavy atom. The Hall–Kier alpha value is -1.29. The van der Waals surface area contributed by atoms with Gasteiger partial charge in [-0.05, 0) is 29.9 Å². The average molecular weight is 237 g/mol. The van der Waals surface area contributed by atoms with Crippen molar-refractivity contribution in [3.8, 4) is 0 Å². The van der Waals surface area contributed by atoms with Gasteiger partial charge in [-0.1, -0.05) is 13.8 Å². The summed E-state index contributed by atoms with van der Waals surface area (Å²) in [6, 6.07) is 2.00. The topological polar surface area (TPSA) is 42.2 Å². The summed E-state index contributed by atoms with van der Waals surface area (Å²) in [5.74, 6) is -0.392. The molecule has 0 aromatic carbocycles. The van der Waals surface area contributed by atoms with Gasteiger partial charge in [-0.3, -0.25) is 0 Å². The molecule has 2 aromatic heterocycles. The number of hydrogen-bond donors (Lipinski definition) is 1. The number of carboxylic acid groups (broad SMARTS) is 1. The van der Waals surface area contributed by atoms with E-state index in [9.17, 15) is 9.90 Å². The fourth-order valence-corrected chi connectivity index (χ4v) is 3.02. The molecule has 0 fully saturated rings. The Labute approximate surface area is 98.3 Å². The molecular formula is C12H15NO2S. The highest BCUT2D eigenvalue weighted by Gasteiger charge is 2.20. The van der Waals surface area contributed by atoms with Crippen molar-refractivity contribution in [2.75, 3.05) is 0 Å². The van der Waals surface area contributed by atoms with Gasteiger partial charge in [-0.25, -0.2) is 4.79 Å². The van der Waals surface area contributed by atoms with Crippen LogP contribution in [0, 0.1) is 12.8 Å². The number of aryl methyl sites for hydroxylation is 1. The summed E-state index contributed by atoms with van der Waals surface area (Å²) in [4.78, 5) is 12.3. The summed E-state index contributed by atoms with van der Waals surface area (Å²) in [6.45, 7) is 6.84. The van der Waals surface area contributed by atoms with Crippen molar-refractivity contribution in [3.63, 3.8) is 0 Å². The van der Waals surface area contributed by atoms with Crippen molar-refractivity contribution >= 4 is 27.5 Å². The van der Waals surface area contributed by atoms with Gasteiger partial charge < -0.3 is 9.67 Å². The normalized spacial score (nSPS) is 11.5. The second kappa shape index (κ2) is 3.94. The molecule has 0 saturated heterocycles. The minimum atomic E-state index is -0.832. The van der Waals surface area contributed by atoms with E-state index in [2.05, 4.69) is 13.8 Å². The maximum absolute atomic E-state index is 11.3. The first-order chi connectivity index (χ1) is 7.52. The summed E-state index contributed by atoms with van der Waals surface area (Å²) in [7, 11) is 0. The number of carbonyl (C=O) groups is 1. The lowest BCUT2D eigenvalue weighted by molar-refractivity contribution is 0.0684. The van der Waals surface area contributed by atoms with E-state index in [0.29, 0.717) is 11.6 Å². The van der Waals surface area contributed by atoms with Crippen LogP contribution < -0.4 is 0 Å². The van der Waals surface area contributed by atoms with Crippen LogP contribution in [0.3, 0.4) is 0 Å². The molecule has 0 radical (unpaired) electrons. The third-order valence-electron chi connectivity index (χ3n) is 2.67. The minimum absolute atomic E-state index is 0.440. The van der Waals surface area contributed by atoms with E-state index < -0.39 is 5.97 Å². The number of nitrogens with zero attached hydrogens (tertiary/aromatic N) is 1. The Morgan fingerprint density at radius 1 is 1.56 bits per heavy atom. The molecule has 1 N–H and O–H groups in total. The summed E-state index contributed by atoms with van der Waals surface area (Å²) in [5, 5.41) is 12.3. The second-order valence-corrected chi connectivity index (χ2v) is 5.32. The molecule has 2 rings (SSSR count). The lowest BCUT2D eigenvalue weighted by Gasteiger charge is -2.10. The lowest BCUT2D eigenvalue weighted by Crippen LogP contribution is -2.12. The van der Waals surface area contributed by atoms with Gasteiger partial charge in [-0.2, -0.15) is 0 Å². The third-order valence-corrected chi connectivity index (χ3v) is 3.61. The highest BCUT2D eigenvalue weighted by atomic mass is 32.1. The summed E-state index contributed by atoms with van der Waals surface area (Å²) < 4.78 is 1.93. The molecule has 0 bridgehead atoms. The van der Waals surface area contributed by atoms with Crippen LogP contribution in [0.15, 0.2) is 11.4 Å². The van der Waals surface area contributed by atoms with Crippen molar-refractivity contribution < 1.29 is 9.90 Å². The van der Waals surface area contributed by atoms with E-state index in [-0.39, 0.29) is 0 Å². The molecule has 0 aliphatic heterocycles. The zero-order chi connectivity index (χ0) is 11.9. The molecule has 0 amide bonds. The van der Waals surface area contributed by atoms with E-state index in [1.807, 2.05) is 22.9 Å². The van der Waals surface area contributed by atoms with Crippen LogP contribution >= 0.6 is 11.3 Å². The molecule has 2 heterocycles. The van der Waals surface area contributed by atoms with Crippen LogP contribution in [-0.4, -0.2) is 15.6 Å². The molecular weight excluding hydrogens is 222 g/mol. The maximum atomic E-state index is 11.3. The molecule has 2 aromatic rings. The predicted molar refractivity (Wildman–Crippen MR) is 66.3 cm³/mol. The Balaban J connectivity index is 2.69. The van der Waals surface area contributed by atoms with Gasteiger partial charge in [0.1, 0.15) is 10.5 Å². The van der Waals surface area contributed by atoms with Crippen molar-refractivity contribution in [2.45, 2.75) is 27.3 Å². The van der Waals surface area contributed by atoms with E-state index in [1.165, 1.54) is 0 Å². The van der Waals surface area contributed by atoms with Gasteiger partial charge in [0.25, 0.3) is 0 Å². The van der Waals surface area contributed by atoms with Crippen LogP contribution in [0.25, 0.3) is 10.2 Å². The summed E-state index contributed by atoms with van der Waals surface area (Å²) >= 11 is 1.61. The zero-order valence-corrected chi connectivity index (χ0v) is 10.5. The number of fused-ring (bicyclic) bond motifs is 1. The Morgan fingerprint density at radius 2 is 2.25 bits per heavy atom. The van der Waals surface area contributed by atoms with Crippen LogP contribution in [0.1, 0.15) is 29.9 Å². The molecule has 0 saturated carbocycles. The van der Waals surface area contributed by atoms with Gasteiger partial charge in [0.05, 0.1) is 0 Å². The van der Waals surface area contributed by atoms with Gasteiger partial charge in [0.15, 0.2) is 0 Å². The Kier molecular flexibility index (Phi) is 2.76. The zero-order valence-electron chi connectivity index (χ0n) is 9.65. The molecule has 3 nitrogen and oxygen atoms in total. The summed E-state index contributed by atoms with van der Waals surface area (Å²) in [5.41, 5.74) is 1.32. The molecule has 16 heavy (non-hydrogen) atoms. The highest BCUT2D eigenvalue weighted by Crippen LogP contribution is 2.30. The molecule has 0 spiro atoms. The van der Waals surface area contributed by atoms with Crippen molar-refractivity contribution in [3.05, 3.63) is 22.7 Å². The van der Waals surface area contributed by atoms with Crippen molar-refractivity contribution in [1.29, 1.82) is 0 Å². The molecule has 0 atom stereocenters. The van der Waals surface area contributed by atoms with Crippen LogP contribution in [-0.2, 0) is 6.54 Å². The fraction of sp³-hybridized carbons (Fsp3) is 0.417. The monoisotopic (exact) mass is 237 g/mol. The highest BCUT2D eigenvalue weighted by molar-refractivity contribution is 7.16. The van der Waals surface area contributed by atoms with Crippen molar-refractivity contribution in [1.82, 2.24) is 4.57 Å². The van der Waals surface area contributed by atoms with Gasteiger partial charge >= 0.3 is 5.97 Å². The fourth-order valence-electron chi connectivity index (χ4n) is 2.04. The van der Waals surface area contributed by atoms with E-state index >= 15 is 0 Å². The van der Waals surface area contributed by atoms with E-state index in [1.54, 1.807) is 11.3 Å². The quantitative estimate of drug-likeness (QED) is 0.889. The maximum Gasteiger partial charge on any atom is 0.352 e. The largest absolute Gasteiger partial charge is 0.477 e. The third kappa shape index (κ3) is 1.63. The lowest BCUT2D eigenvalue weighted by atomic mass is 10.2. The number of aromatic nitrogens is 1. The van der Waals surface area contributed by atoms with Crippen molar-refractivity contribution in [2.24, 2.45) is 5.92 Å². The number of hydrogen-bond acceptors (Lipinski definition) is 2. The van der Waals surface area contributed by atoms with E-state index in [0.717, 1.165) is 22.3 Å². The SMILES string of the molecule is Cc1c(C(=O)O)n(CC(C)C)c2sccc12. The summed E-state index contributed by atoms with van der Waals surface area (Å²) in [6.07, 6.45) is 0. The van der Waals surface area contributed by atoms with Crippen LogP contribution in [0.4, 0.5) is 0 Å². The average Bonchev–Trinajstić information content (AvgIpc) is 2.69. The second-order valence-electron chi connectivity index (χ2n) is 4.42. The number of rotatable bonds is 3. The molecule has 0 aliphatic rings. The molecule has 0 aliphatic carbocycles. The molecule has 86 valence electrons. The Bertz CT molecular complexity index is 536. The van der Waals surface area contributed by atoms with E-state index in [4.69, 9.17) is 0 Å². The van der Waals surface area contributed by atoms with Gasteiger partial charge in [0, 0.05) is 11.9 Å². The number of thiophene rings is 1. The first-order valence-corrected chi connectivity index (χ1v) is 6.20. The predicted octanol–water partition coefficient (Wildman–Crippen LogP) is 3.37. The van der Waals surface area contributed by atoms with Gasteiger partial charge in [0.2, 0.25) is 0 Å².